The minimum Gasteiger partial charge on any atom is -0.357 e. The number of piperidine rings is 2. The summed E-state index contributed by atoms with van der Waals surface area (Å²) in [6.45, 7) is 2.66. The first-order chi connectivity index (χ1) is 12.5. The molecule has 1 N–H and O–H groups in total. The number of halogens is 3. The quantitative estimate of drug-likeness (QED) is 0.845. The van der Waals surface area contributed by atoms with E-state index in [0.29, 0.717) is 18.1 Å². The molecule has 2 aliphatic rings. The summed E-state index contributed by atoms with van der Waals surface area (Å²) in [5.74, 6) is 0.998. The summed E-state index contributed by atoms with van der Waals surface area (Å²) in [5.41, 5.74) is 0. The Morgan fingerprint density at radius 1 is 1.19 bits per heavy atom. The normalized spacial score (nSPS) is 20.5. The van der Waals surface area contributed by atoms with Crippen LogP contribution in [0, 0.1) is 5.92 Å². The van der Waals surface area contributed by atoms with Crippen molar-refractivity contribution in [2.24, 2.45) is 5.92 Å². The molecular formula is C18H25ClF2N4O. The average molecular weight is 387 g/mol. The van der Waals surface area contributed by atoms with Crippen molar-refractivity contribution in [1.82, 2.24) is 15.2 Å². The monoisotopic (exact) mass is 386 g/mol. The Hall–Kier alpha value is -1.47. The lowest BCUT2D eigenvalue weighted by molar-refractivity contribution is -0.126. The minimum absolute atomic E-state index is 0.0117. The molecule has 0 aromatic carbocycles. The van der Waals surface area contributed by atoms with Gasteiger partial charge in [-0.15, -0.1) is 0 Å². The van der Waals surface area contributed by atoms with Gasteiger partial charge in [0.15, 0.2) is 0 Å². The number of anilines is 1. The number of aromatic nitrogens is 1. The molecule has 2 aliphatic heterocycles. The van der Waals surface area contributed by atoms with Crippen LogP contribution in [0.4, 0.5) is 14.6 Å². The Morgan fingerprint density at radius 2 is 1.88 bits per heavy atom. The molecule has 1 aromatic rings. The van der Waals surface area contributed by atoms with Crippen molar-refractivity contribution in [2.75, 3.05) is 37.6 Å². The number of hydrogen-bond donors (Lipinski definition) is 1. The van der Waals surface area contributed by atoms with E-state index in [9.17, 15) is 13.6 Å². The summed E-state index contributed by atoms with van der Waals surface area (Å²) in [7, 11) is 0. The van der Waals surface area contributed by atoms with Crippen LogP contribution < -0.4 is 10.2 Å². The summed E-state index contributed by atoms with van der Waals surface area (Å²) in [5, 5.41) is 3.73. The molecule has 5 nitrogen and oxygen atoms in total. The maximum atomic E-state index is 12.5. The highest BCUT2D eigenvalue weighted by Crippen LogP contribution is 2.23. The first kappa shape index (κ1) is 19.3. The Labute approximate surface area is 157 Å². The van der Waals surface area contributed by atoms with E-state index >= 15 is 0 Å². The second-order valence-corrected chi connectivity index (χ2v) is 7.51. The molecule has 1 amide bonds. The molecule has 144 valence electrons. The standard InChI is InChI=1S/C18H25ClF2N4O/c19-14-1-2-17(22-11-14)25-9-3-13(4-10-25)18(26)23-15-5-7-24(8-6-15)12-16(20)21/h1-2,11,13,15-16H,3-10,12H2,(H,23,26). The lowest BCUT2D eigenvalue weighted by Gasteiger charge is -2.35. The molecule has 8 heteroatoms. The van der Waals surface area contributed by atoms with E-state index in [4.69, 9.17) is 11.6 Å². The Bertz CT molecular complexity index is 585. The van der Waals surface area contributed by atoms with Gasteiger partial charge >= 0.3 is 0 Å². The van der Waals surface area contributed by atoms with Crippen LogP contribution in [0.3, 0.4) is 0 Å². The SMILES string of the molecule is O=C(NC1CCN(CC(F)F)CC1)C1CCN(c2ccc(Cl)cn2)CC1. The van der Waals surface area contributed by atoms with Gasteiger partial charge in [-0.05, 0) is 37.8 Å². The van der Waals surface area contributed by atoms with Crippen LogP contribution in [0.15, 0.2) is 18.3 Å². The van der Waals surface area contributed by atoms with Crippen LogP contribution >= 0.6 is 11.6 Å². The lowest BCUT2D eigenvalue weighted by Crippen LogP contribution is -2.48. The van der Waals surface area contributed by atoms with Gasteiger partial charge in [0, 0.05) is 44.3 Å². The van der Waals surface area contributed by atoms with Gasteiger partial charge in [0.2, 0.25) is 5.91 Å². The van der Waals surface area contributed by atoms with E-state index in [-0.39, 0.29) is 24.4 Å². The number of carbonyl (C=O) groups is 1. The van der Waals surface area contributed by atoms with Gasteiger partial charge in [-0.25, -0.2) is 13.8 Å². The van der Waals surface area contributed by atoms with Gasteiger partial charge in [-0.3, -0.25) is 9.69 Å². The molecule has 0 aliphatic carbocycles. The minimum atomic E-state index is -2.29. The molecule has 0 unspecified atom stereocenters. The van der Waals surface area contributed by atoms with E-state index in [1.807, 2.05) is 12.1 Å². The number of alkyl halides is 2. The zero-order valence-electron chi connectivity index (χ0n) is 14.7. The number of rotatable bonds is 5. The van der Waals surface area contributed by atoms with Crippen molar-refractivity contribution in [2.45, 2.75) is 38.2 Å². The van der Waals surface area contributed by atoms with E-state index in [0.717, 1.165) is 44.6 Å². The third-order valence-electron chi connectivity index (χ3n) is 5.23. The maximum Gasteiger partial charge on any atom is 0.251 e. The molecule has 3 rings (SSSR count). The molecule has 0 radical (unpaired) electrons. The number of hydrogen-bond acceptors (Lipinski definition) is 4. The predicted molar refractivity (Wildman–Crippen MR) is 97.8 cm³/mol. The van der Waals surface area contributed by atoms with Crippen LogP contribution in [0.25, 0.3) is 0 Å². The number of carbonyl (C=O) groups excluding carboxylic acids is 1. The second kappa shape index (κ2) is 8.95. The zero-order chi connectivity index (χ0) is 18.5. The van der Waals surface area contributed by atoms with E-state index in [2.05, 4.69) is 15.2 Å². The zero-order valence-corrected chi connectivity index (χ0v) is 15.5. The van der Waals surface area contributed by atoms with Gasteiger partial charge in [0.05, 0.1) is 11.6 Å². The van der Waals surface area contributed by atoms with E-state index < -0.39 is 6.43 Å². The van der Waals surface area contributed by atoms with Gasteiger partial charge in [-0.2, -0.15) is 0 Å². The van der Waals surface area contributed by atoms with Crippen LogP contribution in [-0.2, 0) is 4.79 Å². The summed E-state index contributed by atoms with van der Waals surface area (Å²) < 4.78 is 24.8. The molecule has 1 aromatic heterocycles. The largest absolute Gasteiger partial charge is 0.357 e. The number of amides is 1. The predicted octanol–water partition coefficient (Wildman–Crippen LogP) is 2.80. The van der Waals surface area contributed by atoms with Gasteiger partial charge in [0.25, 0.3) is 6.43 Å². The highest BCUT2D eigenvalue weighted by Gasteiger charge is 2.28. The highest BCUT2D eigenvalue weighted by atomic mass is 35.5. The maximum absolute atomic E-state index is 12.5. The number of nitrogens with one attached hydrogen (secondary N) is 1. The van der Waals surface area contributed by atoms with Gasteiger partial charge in [0.1, 0.15) is 5.82 Å². The fraction of sp³-hybridized carbons (Fsp3) is 0.667. The van der Waals surface area contributed by atoms with E-state index in [1.165, 1.54) is 0 Å². The third kappa shape index (κ3) is 5.27. The van der Waals surface area contributed by atoms with Crippen molar-refractivity contribution >= 4 is 23.3 Å². The van der Waals surface area contributed by atoms with Crippen molar-refractivity contribution in [3.8, 4) is 0 Å². The Kier molecular flexibility index (Phi) is 6.64. The Balaban J connectivity index is 1.41. The highest BCUT2D eigenvalue weighted by molar-refractivity contribution is 6.30. The van der Waals surface area contributed by atoms with Crippen LogP contribution in [0.1, 0.15) is 25.7 Å². The third-order valence-corrected chi connectivity index (χ3v) is 5.46. The number of pyridine rings is 1. The molecule has 2 fully saturated rings. The number of likely N-dealkylation sites (tertiary alicyclic amines) is 1. The first-order valence-corrected chi connectivity index (χ1v) is 9.56. The molecule has 0 atom stereocenters. The molecule has 0 spiro atoms. The topological polar surface area (TPSA) is 48.5 Å². The summed E-state index contributed by atoms with van der Waals surface area (Å²) in [6, 6.07) is 3.83. The van der Waals surface area contributed by atoms with Crippen molar-refractivity contribution in [3.05, 3.63) is 23.4 Å². The Morgan fingerprint density at radius 3 is 2.46 bits per heavy atom. The van der Waals surface area contributed by atoms with Gasteiger partial charge in [-0.1, -0.05) is 11.6 Å². The molecule has 26 heavy (non-hydrogen) atoms. The summed E-state index contributed by atoms with van der Waals surface area (Å²) in [4.78, 5) is 20.8. The van der Waals surface area contributed by atoms with Crippen LogP contribution in [0.5, 0.6) is 0 Å². The molecule has 3 heterocycles. The van der Waals surface area contributed by atoms with Gasteiger partial charge < -0.3 is 10.2 Å². The molecule has 0 saturated carbocycles. The van der Waals surface area contributed by atoms with Crippen molar-refractivity contribution in [3.63, 3.8) is 0 Å². The second-order valence-electron chi connectivity index (χ2n) is 7.07. The first-order valence-electron chi connectivity index (χ1n) is 9.18. The molecule has 2 saturated heterocycles. The van der Waals surface area contributed by atoms with Crippen LogP contribution in [0.2, 0.25) is 5.02 Å². The smallest absolute Gasteiger partial charge is 0.251 e. The fourth-order valence-corrected chi connectivity index (χ4v) is 3.81. The van der Waals surface area contributed by atoms with Crippen LogP contribution in [-0.4, -0.2) is 61.0 Å². The van der Waals surface area contributed by atoms with E-state index in [1.54, 1.807) is 11.1 Å². The number of nitrogens with zero attached hydrogens (tertiary/aromatic N) is 3. The van der Waals surface area contributed by atoms with Crippen molar-refractivity contribution < 1.29 is 13.6 Å². The summed E-state index contributed by atoms with van der Waals surface area (Å²) >= 11 is 5.87. The average Bonchev–Trinajstić information content (AvgIpc) is 2.64. The fourth-order valence-electron chi connectivity index (χ4n) is 3.70. The molecular weight excluding hydrogens is 362 g/mol. The summed E-state index contributed by atoms with van der Waals surface area (Å²) in [6.07, 6.45) is 2.41. The lowest BCUT2D eigenvalue weighted by atomic mass is 9.94. The molecule has 0 bridgehead atoms. The van der Waals surface area contributed by atoms with Crippen molar-refractivity contribution in [1.29, 1.82) is 0 Å².